The maximum absolute atomic E-state index is 10.2. The second-order valence-electron chi connectivity index (χ2n) is 1.11. The van der Waals surface area contributed by atoms with Crippen LogP contribution < -0.4 is 56.5 Å². The summed E-state index contributed by atoms with van der Waals surface area (Å²) < 4.78 is 4.00. The molecule has 0 atom stereocenters. The van der Waals surface area contributed by atoms with Gasteiger partial charge in [0.15, 0.2) is 6.20 Å². The standard InChI is InChI=1S/C5H5NO3.K/c1-6-3-4(7)5(8)9-2;/h3,7H,2H3;/q;+1/p-1/b4-3-;. The minimum Gasteiger partial charge on any atom is -0.877 e. The predicted molar refractivity (Wildman–Crippen MR) is 26.7 cm³/mol. The third kappa shape index (κ3) is 4.96. The van der Waals surface area contributed by atoms with Crippen molar-refractivity contribution in [3.63, 3.8) is 0 Å². The van der Waals surface area contributed by atoms with Gasteiger partial charge in [-0.3, -0.25) is 0 Å². The summed E-state index contributed by atoms with van der Waals surface area (Å²) >= 11 is 0. The Morgan fingerprint density at radius 2 is 2.30 bits per heavy atom. The summed E-state index contributed by atoms with van der Waals surface area (Å²) in [5, 5.41) is 10.2. The van der Waals surface area contributed by atoms with Crippen LogP contribution in [0.3, 0.4) is 0 Å². The zero-order chi connectivity index (χ0) is 7.28. The van der Waals surface area contributed by atoms with Gasteiger partial charge in [0.05, 0.1) is 13.7 Å². The SMILES string of the molecule is [C-]#[N+]/C=C(\[O-])C(=O)OC.[K+]. The first-order chi connectivity index (χ1) is 4.22. The minimum atomic E-state index is -1.01. The van der Waals surface area contributed by atoms with Gasteiger partial charge in [-0.05, 0) is 5.76 Å². The van der Waals surface area contributed by atoms with Crippen molar-refractivity contribution < 1.29 is 66.0 Å². The monoisotopic (exact) mass is 165 g/mol. The molecule has 0 aromatic rings. The fourth-order valence-corrected chi connectivity index (χ4v) is 0.212. The van der Waals surface area contributed by atoms with Gasteiger partial charge in [-0.15, -0.1) is 0 Å². The van der Waals surface area contributed by atoms with Gasteiger partial charge in [0.2, 0.25) is 0 Å². The van der Waals surface area contributed by atoms with Gasteiger partial charge in [0, 0.05) is 0 Å². The Kier molecular flexibility index (Phi) is 9.26. The van der Waals surface area contributed by atoms with Crippen LogP contribution in [0.4, 0.5) is 0 Å². The molecule has 0 aromatic heterocycles. The van der Waals surface area contributed by atoms with Crippen molar-refractivity contribution in [2.45, 2.75) is 0 Å². The summed E-state index contributed by atoms with van der Waals surface area (Å²) in [5.74, 6) is -1.93. The molecule has 0 rings (SSSR count). The molecule has 0 spiro atoms. The number of hydrogen-bond acceptors (Lipinski definition) is 3. The number of esters is 1. The van der Waals surface area contributed by atoms with E-state index in [2.05, 4.69) is 9.58 Å². The number of carbonyl (C=O) groups is 1. The van der Waals surface area contributed by atoms with E-state index in [-0.39, 0.29) is 51.4 Å². The van der Waals surface area contributed by atoms with Gasteiger partial charge >= 0.3 is 57.4 Å². The third-order valence-electron chi connectivity index (χ3n) is 0.568. The first kappa shape index (κ1) is 12.8. The molecule has 0 heterocycles. The van der Waals surface area contributed by atoms with Crippen LogP contribution in [0.15, 0.2) is 12.0 Å². The van der Waals surface area contributed by atoms with Crippen molar-refractivity contribution in [1.29, 1.82) is 0 Å². The molecule has 0 unspecified atom stereocenters. The number of hydrogen-bond donors (Lipinski definition) is 0. The van der Waals surface area contributed by atoms with E-state index >= 15 is 0 Å². The Morgan fingerprint density at radius 3 is 2.60 bits per heavy atom. The van der Waals surface area contributed by atoms with Crippen molar-refractivity contribution in [1.82, 2.24) is 0 Å². The van der Waals surface area contributed by atoms with E-state index in [4.69, 9.17) is 6.57 Å². The van der Waals surface area contributed by atoms with Crippen LogP contribution in [0, 0.1) is 6.57 Å². The molecule has 0 amide bonds. The van der Waals surface area contributed by atoms with E-state index in [1.807, 2.05) is 0 Å². The molecule has 4 nitrogen and oxygen atoms in total. The summed E-state index contributed by atoms with van der Waals surface area (Å²) in [6.07, 6.45) is 0.575. The van der Waals surface area contributed by atoms with Crippen LogP contribution in [0.2, 0.25) is 0 Å². The van der Waals surface area contributed by atoms with Crippen LogP contribution in [0.25, 0.3) is 4.85 Å². The summed E-state index contributed by atoms with van der Waals surface area (Å²) in [4.78, 5) is 12.7. The predicted octanol–water partition coefficient (Wildman–Crippen LogP) is -3.72. The number of rotatable bonds is 1. The fraction of sp³-hybridized carbons (Fsp3) is 0.200. The quantitative estimate of drug-likeness (QED) is 0.132. The molecule has 0 saturated heterocycles. The second-order valence-corrected chi connectivity index (χ2v) is 1.11. The van der Waals surface area contributed by atoms with Crippen LogP contribution in [-0.4, -0.2) is 13.1 Å². The van der Waals surface area contributed by atoms with E-state index < -0.39 is 11.7 Å². The Morgan fingerprint density at radius 1 is 1.80 bits per heavy atom. The smallest absolute Gasteiger partial charge is 0.877 e. The van der Waals surface area contributed by atoms with Gasteiger partial charge in [-0.1, -0.05) is 0 Å². The molecule has 0 bridgehead atoms. The summed E-state index contributed by atoms with van der Waals surface area (Å²) in [6.45, 7) is 6.14. The summed E-state index contributed by atoms with van der Waals surface area (Å²) in [6, 6.07) is 0. The van der Waals surface area contributed by atoms with Crippen LogP contribution in [-0.2, 0) is 9.53 Å². The van der Waals surface area contributed by atoms with Crippen molar-refractivity contribution in [2.75, 3.05) is 7.11 Å². The maximum Gasteiger partial charge on any atom is 1.00 e. The zero-order valence-electron chi connectivity index (χ0n) is 5.75. The van der Waals surface area contributed by atoms with Gasteiger partial charge < -0.3 is 9.84 Å². The molecule has 0 saturated carbocycles. The summed E-state index contributed by atoms with van der Waals surface area (Å²) in [7, 11) is 1.08. The summed E-state index contributed by atoms with van der Waals surface area (Å²) in [5.41, 5.74) is 0. The molecule has 0 aliphatic carbocycles. The van der Waals surface area contributed by atoms with E-state index in [0.29, 0.717) is 6.20 Å². The molecule has 48 valence electrons. The Balaban J connectivity index is 0. The van der Waals surface area contributed by atoms with Gasteiger partial charge in [-0.2, -0.15) is 0 Å². The van der Waals surface area contributed by atoms with Gasteiger partial charge in [0.25, 0.3) is 0 Å². The van der Waals surface area contributed by atoms with E-state index in [1.165, 1.54) is 0 Å². The van der Waals surface area contributed by atoms with Gasteiger partial charge in [0.1, 0.15) is 0 Å². The van der Waals surface area contributed by atoms with Crippen molar-refractivity contribution >= 4 is 5.97 Å². The first-order valence-electron chi connectivity index (χ1n) is 2.04. The van der Waals surface area contributed by atoms with Crippen molar-refractivity contribution in [2.24, 2.45) is 0 Å². The minimum absolute atomic E-state index is 0. The molecule has 0 radical (unpaired) electrons. The third-order valence-corrected chi connectivity index (χ3v) is 0.568. The average molecular weight is 165 g/mol. The zero-order valence-corrected chi connectivity index (χ0v) is 8.87. The fourth-order valence-electron chi connectivity index (χ4n) is 0.212. The molecule has 0 N–H and O–H groups in total. The molecule has 10 heavy (non-hydrogen) atoms. The Hall–Kier alpha value is 0.136. The second kappa shape index (κ2) is 7.25. The molecular formula is C5H4KNO3. The van der Waals surface area contributed by atoms with Crippen molar-refractivity contribution in [3.8, 4) is 0 Å². The number of ether oxygens (including phenoxy) is 1. The van der Waals surface area contributed by atoms with Crippen LogP contribution in [0.5, 0.6) is 0 Å². The van der Waals surface area contributed by atoms with Crippen LogP contribution in [0.1, 0.15) is 0 Å². The molecule has 0 aliphatic rings. The van der Waals surface area contributed by atoms with E-state index in [1.54, 1.807) is 0 Å². The van der Waals surface area contributed by atoms with Gasteiger partial charge in [-0.25, -0.2) is 9.64 Å². The molecule has 0 aromatic carbocycles. The number of methoxy groups -OCH3 is 1. The molecule has 0 aliphatic heterocycles. The molecule has 0 fully saturated rings. The maximum atomic E-state index is 10.2. The van der Waals surface area contributed by atoms with Crippen molar-refractivity contribution in [3.05, 3.63) is 23.4 Å². The molecular weight excluding hydrogens is 161 g/mol. The number of carbonyl (C=O) groups excluding carboxylic acids is 1. The van der Waals surface area contributed by atoms with E-state index in [9.17, 15) is 9.90 Å². The topological polar surface area (TPSA) is 53.7 Å². The van der Waals surface area contributed by atoms with Crippen LogP contribution >= 0.6 is 0 Å². The largest absolute Gasteiger partial charge is 1.00 e. The van der Waals surface area contributed by atoms with E-state index in [0.717, 1.165) is 7.11 Å². The molecule has 5 heteroatoms. The Labute approximate surface area is 101 Å². The first-order valence-corrected chi connectivity index (χ1v) is 2.04. The number of nitrogens with zero attached hydrogens (tertiary/aromatic N) is 1. The normalized spacial score (nSPS) is 9.00. The Bertz CT molecular complexity index is 182. The average Bonchev–Trinajstić information content (AvgIpc) is 1.87.